The SMILES string of the molecule is COCC1CCN(C(C(=O)O)c2ccccc2)C1. The van der Waals surface area contributed by atoms with Crippen molar-refractivity contribution in [3.05, 3.63) is 35.9 Å². The molecule has 1 aliphatic heterocycles. The minimum Gasteiger partial charge on any atom is -0.480 e. The van der Waals surface area contributed by atoms with Gasteiger partial charge in [-0.3, -0.25) is 9.69 Å². The Labute approximate surface area is 107 Å². The van der Waals surface area contributed by atoms with E-state index in [0.29, 0.717) is 12.5 Å². The third-order valence-electron chi connectivity index (χ3n) is 3.43. The number of methoxy groups -OCH3 is 1. The molecule has 2 atom stereocenters. The molecule has 0 saturated carbocycles. The number of rotatable bonds is 5. The lowest BCUT2D eigenvalue weighted by atomic mass is 10.1. The quantitative estimate of drug-likeness (QED) is 0.864. The van der Waals surface area contributed by atoms with Crippen LogP contribution < -0.4 is 0 Å². The second-order valence-electron chi connectivity index (χ2n) is 4.76. The number of ether oxygens (including phenoxy) is 1. The van der Waals surface area contributed by atoms with Gasteiger partial charge in [-0.2, -0.15) is 0 Å². The molecule has 1 saturated heterocycles. The third kappa shape index (κ3) is 2.89. The number of carboxylic acid groups (broad SMARTS) is 1. The highest BCUT2D eigenvalue weighted by Gasteiger charge is 2.33. The van der Waals surface area contributed by atoms with Crippen LogP contribution in [0, 0.1) is 5.92 Å². The normalized spacial score (nSPS) is 21.9. The molecule has 18 heavy (non-hydrogen) atoms. The fourth-order valence-corrected chi connectivity index (χ4v) is 2.61. The van der Waals surface area contributed by atoms with E-state index in [4.69, 9.17) is 4.74 Å². The molecule has 1 heterocycles. The number of nitrogens with zero attached hydrogens (tertiary/aromatic N) is 1. The summed E-state index contributed by atoms with van der Waals surface area (Å²) in [5.74, 6) is -0.333. The van der Waals surface area contributed by atoms with Crippen molar-refractivity contribution in [3.63, 3.8) is 0 Å². The van der Waals surface area contributed by atoms with Crippen LogP contribution in [0.5, 0.6) is 0 Å². The van der Waals surface area contributed by atoms with Crippen LogP contribution in [-0.4, -0.2) is 42.8 Å². The Bertz CT molecular complexity index is 393. The monoisotopic (exact) mass is 249 g/mol. The Balaban J connectivity index is 2.11. The standard InChI is InChI=1S/C14H19NO3/c1-18-10-11-7-8-15(9-11)13(14(16)17)12-5-3-2-4-6-12/h2-6,11,13H,7-10H2,1H3,(H,16,17). The summed E-state index contributed by atoms with van der Waals surface area (Å²) in [5, 5.41) is 9.43. The van der Waals surface area contributed by atoms with E-state index in [1.54, 1.807) is 7.11 Å². The minimum absolute atomic E-state index is 0.445. The summed E-state index contributed by atoms with van der Waals surface area (Å²) in [6.45, 7) is 2.32. The second-order valence-corrected chi connectivity index (χ2v) is 4.76. The van der Waals surface area contributed by atoms with Gasteiger partial charge in [0, 0.05) is 13.7 Å². The van der Waals surface area contributed by atoms with E-state index in [0.717, 1.165) is 25.1 Å². The number of carboxylic acids is 1. The number of hydrogen-bond donors (Lipinski definition) is 1. The lowest BCUT2D eigenvalue weighted by molar-refractivity contribution is -0.143. The van der Waals surface area contributed by atoms with Gasteiger partial charge in [-0.05, 0) is 24.4 Å². The van der Waals surface area contributed by atoms with Gasteiger partial charge >= 0.3 is 5.97 Å². The highest BCUT2D eigenvalue weighted by atomic mass is 16.5. The van der Waals surface area contributed by atoms with Crippen LogP contribution in [0.4, 0.5) is 0 Å². The van der Waals surface area contributed by atoms with Gasteiger partial charge in [0.2, 0.25) is 0 Å². The molecule has 1 aliphatic rings. The molecule has 0 aliphatic carbocycles. The Morgan fingerprint density at radius 3 is 2.83 bits per heavy atom. The molecular formula is C14H19NO3. The van der Waals surface area contributed by atoms with Crippen molar-refractivity contribution in [3.8, 4) is 0 Å². The number of likely N-dealkylation sites (tertiary alicyclic amines) is 1. The van der Waals surface area contributed by atoms with Crippen molar-refractivity contribution < 1.29 is 14.6 Å². The Morgan fingerprint density at radius 2 is 2.22 bits per heavy atom. The van der Waals surface area contributed by atoms with E-state index in [1.807, 2.05) is 35.2 Å². The van der Waals surface area contributed by atoms with Gasteiger partial charge < -0.3 is 9.84 Å². The summed E-state index contributed by atoms with van der Waals surface area (Å²) < 4.78 is 5.15. The molecule has 0 spiro atoms. The second kappa shape index (κ2) is 5.98. The molecular weight excluding hydrogens is 230 g/mol. The van der Waals surface area contributed by atoms with Crippen molar-refractivity contribution in [1.82, 2.24) is 4.90 Å². The molecule has 4 heteroatoms. The average molecular weight is 249 g/mol. The Kier molecular flexibility index (Phi) is 4.33. The lowest BCUT2D eigenvalue weighted by Crippen LogP contribution is -2.32. The zero-order chi connectivity index (χ0) is 13.0. The van der Waals surface area contributed by atoms with E-state index < -0.39 is 12.0 Å². The number of hydrogen-bond acceptors (Lipinski definition) is 3. The van der Waals surface area contributed by atoms with Crippen molar-refractivity contribution in [2.75, 3.05) is 26.8 Å². The fraction of sp³-hybridized carbons (Fsp3) is 0.500. The van der Waals surface area contributed by atoms with Crippen molar-refractivity contribution in [2.45, 2.75) is 12.5 Å². The highest BCUT2D eigenvalue weighted by Crippen LogP contribution is 2.28. The summed E-state index contributed by atoms with van der Waals surface area (Å²) in [4.78, 5) is 13.5. The smallest absolute Gasteiger partial charge is 0.325 e. The van der Waals surface area contributed by atoms with Gasteiger partial charge in [0.05, 0.1) is 6.61 Å². The molecule has 1 aromatic rings. The van der Waals surface area contributed by atoms with Crippen LogP contribution in [0.15, 0.2) is 30.3 Å². The maximum absolute atomic E-state index is 11.5. The third-order valence-corrected chi connectivity index (χ3v) is 3.43. The maximum Gasteiger partial charge on any atom is 0.325 e. The van der Waals surface area contributed by atoms with Crippen LogP contribution >= 0.6 is 0 Å². The summed E-state index contributed by atoms with van der Waals surface area (Å²) in [7, 11) is 1.69. The zero-order valence-corrected chi connectivity index (χ0v) is 10.6. The van der Waals surface area contributed by atoms with Crippen LogP contribution in [0.25, 0.3) is 0 Å². The molecule has 0 bridgehead atoms. The predicted octanol–water partition coefficient (Wildman–Crippen LogP) is 1.78. The van der Waals surface area contributed by atoms with Gasteiger partial charge in [-0.15, -0.1) is 0 Å². The first-order valence-corrected chi connectivity index (χ1v) is 6.23. The van der Waals surface area contributed by atoms with Crippen molar-refractivity contribution >= 4 is 5.97 Å². The first-order chi connectivity index (χ1) is 8.72. The Hall–Kier alpha value is -1.39. The molecule has 1 N–H and O–H groups in total. The lowest BCUT2D eigenvalue weighted by Gasteiger charge is -2.24. The molecule has 1 aromatic carbocycles. The average Bonchev–Trinajstić information content (AvgIpc) is 2.79. The van der Waals surface area contributed by atoms with Crippen LogP contribution in [0.1, 0.15) is 18.0 Å². The van der Waals surface area contributed by atoms with Gasteiger partial charge in [0.1, 0.15) is 6.04 Å². The molecule has 98 valence electrons. The van der Waals surface area contributed by atoms with E-state index in [2.05, 4.69) is 0 Å². The molecule has 2 rings (SSSR count). The fourth-order valence-electron chi connectivity index (χ4n) is 2.61. The first kappa shape index (κ1) is 13.1. The van der Waals surface area contributed by atoms with Gasteiger partial charge in [-0.25, -0.2) is 0 Å². The number of aliphatic carboxylic acids is 1. The molecule has 4 nitrogen and oxygen atoms in total. The van der Waals surface area contributed by atoms with Gasteiger partial charge in [0.15, 0.2) is 0 Å². The van der Waals surface area contributed by atoms with Crippen molar-refractivity contribution in [1.29, 1.82) is 0 Å². The molecule has 0 aromatic heterocycles. The summed E-state index contributed by atoms with van der Waals surface area (Å²) >= 11 is 0. The predicted molar refractivity (Wildman–Crippen MR) is 68.4 cm³/mol. The maximum atomic E-state index is 11.5. The number of carbonyl (C=O) groups is 1. The van der Waals surface area contributed by atoms with E-state index in [1.165, 1.54) is 0 Å². The van der Waals surface area contributed by atoms with Crippen LogP contribution in [-0.2, 0) is 9.53 Å². The first-order valence-electron chi connectivity index (χ1n) is 6.23. The summed E-state index contributed by atoms with van der Waals surface area (Å²) in [5.41, 5.74) is 0.850. The Morgan fingerprint density at radius 1 is 1.50 bits per heavy atom. The number of benzene rings is 1. The van der Waals surface area contributed by atoms with Crippen molar-refractivity contribution in [2.24, 2.45) is 5.92 Å². The highest BCUT2D eigenvalue weighted by molar-refractivity contribution is 5.75. The van der Waals surface area contributed by atoms with Crippen LogP contribution in [0.2, 0.25) is 0 Å². The molecule has 1 fully saturated rings. The van der Waals surface area contributed by atoms with E-state index in [9.17, 15) is 9.90 Å². The van der Waals surface area contributed by atoms with E-state index >= 15 is 0 Å². The van der Waals surface area contributed by atoms with Crippen LogP contribution in [0.3, 0.4) is 0 Å². The molecule has 2 unspecified atom stereocenters. The summed E-state index contributed by atoms with van der Waals surface area (Å²) in [6, 6.07) is 8.89. The van der Waals surface area contributed by atoms with Gasteiger partial charge in [0.25, 0.3) is 0 Å². The van der Waals surface area contributed by atoms with E-state index in [-0.39, 0.29) is 0 Å². The molecule has 0 amide bonds. The topological polar surface area (TPSA) is 49.8 Å². The molecule has 0 radical (unpaired) electrons. The minimum atomic E-state index is -0.778. The zero-order valence-electron chi connectivity index (χ0n) is 10.6. The largest absolute Gasteiger partial charge is 0.480 e. The summed E-state index contributed by atoms with van der Waals surface area (Å²) in [6.07, 6.45) is 1.00. The van der Waals surface area contributed by atoms with Gasteiger partial charge in [-0.1, -0.05) is 30.3 Å².